The van der Waals surface area contributed by atoms with Crippen molar-refractivity contribution in [2.75, 3.05) is 46.1 Å². The van der Waals surface area contributed by atoms with Gasteiger partial charge in [0.1, 0.15) is 11.4 Å². The Balaban J connectivity index is 1.51. The van der Waals surface area contributed by atoms with Crippen molar-refractivity contribution in [1.82, 2.24) is 25.8 Å². The van der Waals surface area contributed by atoms with E-state index in [1.165, 1.54) is 6.08 Å². The molecule has 0 bridgehead atoms. The maximum Gasteiger partial charge on any atom is 0.246 e. The number of benzene rings is 1. The van der Waals surface area contributed by atoms with Gasteiger partial charge < -0.3 is 31.1 Å². The van der Waals surface area contributed by atoms with Crippen LogP contribution in [-0.2, 0) is 9.59 Å². The van der Waals surface area contributed by atoms with Gasteiger partial charge in [-0.15, -0.1) is 0 Å². The molecule has 41 heavy (non-hydrogen) atoms. The van der Waals surface area contributed by atoms with Crippen molar-refractivity contribution in [2.24, 2.45) is 4.99 Å². The number of unbranched alkanes of at least 4 members (excludes halogenated alkanes) is 1. The Kier molecular flexibility index (Phi) is 11.0. The molecule has 1 aliphatic carbocycles. The number of aliphatic imine (C=N–C) groups is 1. The van der Waals surface area contributed by atoms with Crippen LogP contribution in [0.2, 0.25) is 0 Å². The van der Waals surface area contributed by atoms with E-state index in [0.29, 0.717) is 44.3 Å². The van der Waals surface area contributed by atoms with Crippen LogP contribution < -0.4 is 21.3 Å². The van der Waals surface area contributed by atoms with Gasteiger partial charge in [0, 0.05) is 51.1 Å². The summed E-state index contributed by atoms with van der Waals surface area (Å²) in [6, 6.07) is 9.34. The molecule has 1 fully saturated rings. The lowest BCUT2D eigenvalue weighted by atomic mass is 10.1. The molecule has 218 valence electrons. The van der Waals surface area contributed by atoms with E-state index in [1.54, 1.807) is 30.3 Å². The standard InChI is InChI=1S/C31H42N8O2/c1-6-19-33-28-25(23-35-30(2,37-28)36-26-15-13-24(22-32)14-16-26)11-8-7-9-20-34-29(41)31(17-18-31)39(5)27(40)12-10-21-38(3)4/h10,12-16,23,33,36-37H,6-7,9,17-21H2,1-5H3,(H,34,41)/b12-10+. The molecule has 0 spiro atoms. The van der Waals surface area contributed by atoms with E-state index < -0.39 is 11.3 Å². The Hall–Kier alpha value is -4.28. The van der Waals surface area contributed by atoms with Crippen molar-refractivity contribution in [3.63, 3.8) is 0 Å². The molecular formula is C31H42N8O2. The number of amides is 2. The monoisotopic (exact) mass is 558 g/mol. The molecule has 4 N–H and O–H groups in total. The molecule has 1 aliphatic heterocycles. The second-order valence-electron chi connectivity index (χ2n) is 10.7. The Bertz CT molecular complexity index is 1280. The average Bonchev–Trinajstić information content (AvgIpc) is 3.76. The first-order valence-corrected chi connectivity index (χ1v) is 14.1. The van der Waals surface area contributed by atoms with Crippen LogP contribution in [0.3, 0.4) is 0 Å². The summed E-state index contributed by atoms with van der Waals surface area (Å²) in [4.78, 5) is 33.6. The molecule has 0 radical (unpaired) electrons. The maximum atomic E-state index is 12.9. The van der Waals surface area contributed by atoms with Gasteiger partial charge in [-0.05, 0) is 71.0 Å². The fourth-order valence-electron chi connectivity index (χ4n) is 4.28. The van der Waals surface area contributed by atoms with Gasteiger partial charge >= 0.3 is 0 Å². The average molecular weight is 559 g/mol. The van der Waals surface area contributed by atoms with E-state index in [0.717, 1.165) is 30.0 Å². The van der Waals surface area contributed by atoms with Crippen LogP contribution in [0.1, 0.15) is 51.5 Å². The number of anilines is 1. The van der Waals surface area contributed by atoms with Crippen LogP contribution in [0.5, 0.6) is 0 Å². The number of hydrogen-bond donors (Lipinski definition) is 4. The zero-order valence-electron chi connectivity index (χ0n) is 24.8. The number of carbonyl (C=O) groups is 2. The largest absolute Gasteiger partial charge is 0.371 e. The minimum Gasteiger partial charge on any atom is -0.371 e. The molecule has 0 aromatic heterocycles. The number of nitrogens with zero attached hydrogens (tertiary/aromatic N) is 4. The molecule has 1 aromatic rings. The summed E-state index contributed by atoms with van der Waals surface area (Å²) < 4.78 is 0. The fourth-order valence-corrected chi connectivity index (χ4v) is 4.28. The number of nitrogens with one attached hydrogen (secondary N) is 4. The highest BCUT2D eigenvalue weighted by molar-refractivity contribution is 5.97. The zero-order valence-corrected chi connectivity index (χ0v) is 24.8. The number of nitriles is 1. The van der Waals surface area contributed by atoms with Crippen LogP contribution in [0.25, 0.3) is 0 Å². The van der Waals surface area contributed by atoms with Gasteiger partial charge in [0.15, 0.2) is 0 Å². The van der Waals surface area contributed by atoms with Crippen molar-refractivity contribution in [3.8, 4) is 17.9 Å². The highest BCUT2D eigenvalue weighted by Crippen LogP contribution is 2.41. The Labute approximate surface area is 243 Å². The number of hydrogen-bond acceptors (Lipinski definition) is 8. The van der Waals surface area contributed by atoms with Crippen LogP contribution in [0.15, 0.2) is 52.8 Å². The molecule has 1 unspecified atom stereocenters. The number of carbonyl (C=O) groups excluding carboxylic acids is 2. The quantitative estimate of drug-likeness (QED) is 0.167. The maximum absolute atomic E-state index is 12.9. The summed E-state index contributed by atoms with van der Waals surface area (Å²) in [6.45, 7) is 5.97. The van der Waals surface area contributed by atoms with E-state index in [1.807, 2.05) is 44.1 Å². The lowest BCUT2D eigenvalue weighted by molar-refractivity contribution is -0.137. The van der Waals surface area contributed by atoms with Crippen LogP contribution in [0.4, 0.5) is 5.69 Å². The molecule has 3 rings (SSSR count). The first-order chi connectivity index (χ1) is 19.6. The molecule has 10 heteroatoms. The fraction of sp³-hybridized carbons (Fsp3) is 0.484. The summed E-state index contributed by atoms with van der Waals surface area (Å²) in [7, 11) is 5.57. The second-order valence-corrected chi connectivity index (χ2v) is 10.7. The van der Waals surface area contributed by atoms with Crippen LogP contribution in [0, 0.1) is 23.2 Å². The minimum atomic E-state index is -0.783. The molecule has 2 aliphatic rings. The predicted octanol–water partition coefficient (Wildman–Crippen LogP) is 2.54. The van der Waals surface area contributed by atoms with E-state index in [9.17, 15) is 9.59 Å². The molecular weight excluding hydrogens is 516 g/mol. The van der Waals surface area contributed by atoms with Crippen molar-refractivity contribution >= 4 is 23.7 Å². The third-order valence-electron chi connectivity index (χ3n) is 6.88. The van der Waals surface area contributed by atoms with E-state index >= 15 is 0 Å². The lowest BCUT2D eigenvalue weighted by Crippen LogP contribution is -2.52. The lowest BCUT2D eigenvalue weighted by Gasteiger charge is -2.34. The Morgan fingerprint density at radius 1 is 1.17 bits per heavy atom. The Morgan fingerprint density at radius 3 is 2.54 bits per heavy atom. The third-order valence-corrected chi connectivity index (χ3v) is 6.88. The Morgan fingerprint density at radius 2 is 1.90 bits per heavy atom. The highest BCUT2D eigenvalue weighted by atomic mass is 16.2. The summed E-state index contributed by atoms with van der Waals surface area (Å²) in [5.41, 5.74) is 1.47. The third kappa shape index (κ3) is 8.86. The van der Waals surface area contributed by atoms with Gasteiger partial charge in [-0.1, -0.05) is 24.8 Å². The van der Waals surface area contributed by atoms with Gasteiger partial charge in [-0.3, -0.25) is 9.59 Å². The van der Waals surface area contributed by atoms with Gasteiger partial charge in [0.05, 0.1) is 17.2 Å². The molecule has 10 nitrogen and oxygen atoms in total. The van der Waals surface area contributed by atoms with Gasteiger partial charge in [-0.25, -0.2) is 4.99 Å². The first-order valence-electron chi connectivity index (χ1n) is 14.1. The minimum absolute atomic E-state index is 0.103. The summed E-state index contributed by atoms with van der Waals surface area (Å²) in [5.74, 6) is 6.16. The molecule has 0 saturated heterocycles. The van der Waals surface area contributed by atoms with Crippen molar-refractivity contribution < 1.29 is 9.59 Å². The summed E-state index contributed by atoms with van der Waals surface area (Å²) >= 11 is 0. The molecule has 1 atom stereocenters. The van der Waals surface area contributed by atoms with Crippen molar-refractivity contribution in [2.45, 2.75) is 57.3 Å². The van der Waals surface area contributed by atoms with E-state index in [-0.39, 0.29) is 11.8 Å². The van der Waals surface area contributed by atoms with Crippen LogP contribution >= 0.6 is 0 Å². The number of allylic oxidation sites excluding steroid dienone is 1. The van der Waals surface area contributed by atoms with E-state index in [4.69, 9.17) is 5.26 Å². The molecule has 1 aromatic carbocycles. The normalized spacial score (nSPS) is 18.7. The van der Waals surface area contributed by atoms with Gasteiger partial charge in [0.25, 0.3) is 0 Å². The smallest absolute Gasteiger partial charge is 0.246 e. The highest BCUT2D eigenvalue weighted by Gasteiger charge is 2.54. The zero-order chi connectivity index (χ0) is 29.9. The second kappa shape index (κ2) is 14.4. The topological polar surface area (TPSA) is 125 Å². The summed E-state index contributed by atoms with van der Waals surface area (Å²) in [6.07, 6.45) is 8.72. The number of likely N-dealkylation sites (N-methyl/N-ethyl adjacent to an activating group) is 2. The number of rotatable bonds is 13. The molecule has 1 saturated carbocycles. The van der Waals surface area contributed by atoms with Crippen molar-refractivity contribution in [3.05, 3.63) is 53.4 Å². The predicted molar refractivity (Wildman–Crippen MR) is 163 cm³/mol. The van der Waals surface area contributed by atoms with E-state index in [2.05, 4.69) is 51.1 Å². The van der Waals surface area contributed by atoms with Gasteiger partial charge in [0.2, 0.25) is 17.6 Å². The summed E-state index contributed by atoms with van der Waals surface area (Å²) in [5, 5.41) is 22.2. The molecule has 1 heterocycles. The van der Waals surface area contributed by atoms with Gasteiger partial charge in [-0.2, -0.15) is 5.26 Å². The van der Waals surface area contributed by atoms with Crippen LogP contribution in [-0.4, -0.2) is 79.9 Å². The first kappa shape index (κ1) is 31.3. The SMILES string of the molecule is CCCNC1=C(C#CCCCNC(=O)C2(N(C)C(=O)/C=C/CN(C)C)CC2)C=NC(C)(Nc2ccc(C#N)cc2)N1. The van der Waals surface area contributed by atoms with Crippen molar-refractivity contribution in [1.29, 1.82) is 5.26 Å². The molecule has 2 amide bonds.